The first kappa shape index (κ1) is 10.3. The minimum atomic E-state index is 0.317. The summed E-state index contributed by atoms with van der Waals surface area (Å²) in [6.45, 7) is 3.02. The molecule has 1 aromatic heterocycles. The summed E-state index contributed by atoms with van der Waals surface area (Å²) in [4.78, 5) is 11.1. The van der Waals surface area contributed by atoms with Gasteiger partial charge in [0, 0.05) is 25.0 Å². The highest BCUT2D eigenvalue weighted by atomic mass is 32.1. The fourth-order valence-electron chi connectivity index (χ4n) is 1.68. The molecule has 5 heteroatoms. The van der Waals surface area contributed by atoms with Crippen LogP contribution in [0.15, 0.2) is 12.4 Å². The second-order valence-corrected chi connectivity index (χ2v) is 4.05. The predicted octanol–water partition coefficient (Wildman–Crippen LogP) is 1.10. The fraction of sp³-hybridized carbons (Fsp3) is 0.500. The van der Waals surface area contributed by atoms with E-state index in [0.717, 1.165) is 12.4 Å². The van der Waals surface area contributed by atoms with Crippen LogP contribution in [0.3, 0.4) is 0 Å². The van der Waals surface area contributed by atoms with E-state index >= 15 is 0 Å². The number of aromatic nitrogens is 2. The Bertz CT molecular complexity index is 375. The lowest BCUT2D eigenvalue weighted by molar-refractivity contribution is 0.802. The largest absolute Gasteiger partial charge is 0.388 e. The maximum Gasteiger partial charge on any atom is 0.157 e. The van der Waals surface area contributed by atoms with Gasteiger partial charge < -0.3 is 10.6 Å². The van der Waals surface area contributed by atoms with Crippen molar-refractivity contribution in [2.45, 2.75) is 25.8 Å². The Morgan fingerprint density at radius 3 is 2.73 bits per heavy atom. The molecule has 1 aliphatic carbocycles. The Morgan fingerprint density at radius 1 is 1.53 bits per heavy atom. The maximum atomic E-state index is 5.63. The van der Waals surface area contributed by atoms with Crippen LogP contribution in [0.4, 0.5) is 5.82 Å². The van der Waals surface area contributed by atoms with Gasteiger partial charge in [0.05, 0.1) is 0 Å². The molecule has 2 rings (SSSR count). The summed E-state index contributed by atoms with van der Waals surface area (Å²) < 4.78 is 0. The highest BCUT2D eigenvalue weighted by molar-refractivity contribution is 7.80. The molecule has 0 bridgehead atoms. The topological polar surface area (TPSA) is 55.0 Å². The molecule has 80 valence electrons. The summed E-state index contributed by atoms with van der Waals surface area (Å²) in [6.07, 6.45) is 5.75. The molecule has 1 aliphatic rings. The third kappa shape index (κ3) is 2.07. The molecule has 2 N–H and O–H groups in total. The van der Waals surface area contributed by atoms with E-state index in [-0.39, 0.29) is 0 Å². The minimum absolute atomic E-state index is 0.317. The summed E-state index contributed by atoms with van der Waals surface area (Å²) in [7, 11) is 0. The third-order valence-corrected chi connectivity index (χ3v) is 2.71. The zero-order valence-electron chi connectivity index (χ0n) is 8.68. The lowest BCUT2D eigenvalue weighted by atomic mass is 10.3. The third-order valence-electron chi connectivity index (χ3n) is 2.51. The first-order valence-corrected chi connectivity index (χ1v) is 5.52. The maximum absolute atomic E-state index is 5.63. The number of nitrogens with two attached hydrogens (primary N) is 1. The van der Waals surface area contributed by atoms with Gasteiger partial charge >= 0.3 is 0 Å². The lowest BCUT2D eigenvalue weighted by Gasteiger charge is -2.22. The van der Waals surface area contributed by atoms with Gasteiger partial charge in [-0.05, 0) is 19.8 Å². The van der Waals surface area contributed by atoms with Crippen LogP contribution in [-0.2, 0) is 0 Å². The van der Waals surface area contributed by atoms with Crippen LogP contribution in [0.1, 0.15) is 25.5 Å². The van der Waals surface area contributed by atoms with Crippen LogP contribution in [0.5, 0.6) is 0 Å². The second kappa shape index (κ2) is 4.10. The Hall–Kier alpha value is -1.23. The van der Waals surface area contributed by atoms with Gasteiger partial charge in [-0.1, -0.05) is 12.2 Å². The van der Waals surface area contributed by atoms with E-state index in [4.69, 9.17) is 18.0 Å². The molecule has 0 aromatic carbocycles. The van der Waals surface area contributed by atoms with E-state index < -0.39 is 0 Å². The van der Waals surface area contributed by atoms with Crippen molar-refractivity contribution >= 4 is 23.0 Å². The van der Waals surface area contributed by atoms with E-state index in [1.165, 1.54) is 12.8 Å². The van der Waals surface area contributed by atoms with Crippen molar-refractivity contribution in [1.82, 2.24) is 9.97 Å². The number of rotatable bonds is 4. The Morgan fingerprint density at radius 2 is 2.20 bits per heavy atom. The number of hydrogen-bond donors (Lipinski definition) is 1. The van der Waals surface area contributed by atoms with Gasteiger partial charge in [-0.3, -0.25) is 0 Å². The second-order valence-electron chi connectivity index (χ2n) is 3.61. The van der Waals surface area contributed by atoms with Gasteiger partial charge in [-0.15, -0.1) is 0 Å². The van der Waals surface area contributed by atoms with E-state index in [0.29, 0.717) is 16.7 Å². The zero-order chi connectivity index (χ0) is 10.8. The molecule has 0 atom stereocenters. The molecular formula is C10H14N4S. The number of hydrogen-bond acceptors (Lipinski definition) is 4. The van der Waals surface area contributed by atoms with E-state index in [1.807, 2.05) is 0 Å². The molecule has 0 unspecified atom stereocenters. The van der Waals surface area contributed by atoms with Crippen molar-refractivity contribution in [3.05, 3.63) is 18.1 Å². The van der Waals surface area contributed by atoms with Crippen molar-refractivity contribution in [3.8, 4) is 0 Å². The molecule has 1 aromatic rings. The van der Waals surface area contributed by atoms with Crippen LogP contribution < -0.4 is 10.6 Å². The molecule has 0 saturated heterocycles. The molecule has 0 spiro atoms. The van der Waals surface area contributed by atoms with Crippen LogP contribution in [0, 0.1) is 0 Å². The van der Waals surface area contributed by atoms with Gasteiger partial charge in [0.15, 0.2) is 5.82 Å². The molecule has 0 radical (unpaired) electrons. The predicted molar refractivity (Wildman–Crippen MR) is 64.0 cm³/mol. The number of nitrogens with zero attached hydrogens (tertiary/aromatic N) is 3. The lowest BCUT2D eigenvalue weighted by Crippen LogP contribution is -2.29. The summed E-state index contributed by atoms with van der Waals surface area (Å²) in [5.41, 5.74) is 6.27. The molecule has 1 heterocycles. The van der Waals surface area contributed by atoms with Crippen LogP contribution in [0.25, 0.3) is 0 Å². The van der Waals surface area contributed by atoms with Gasteiger partial charge in [-0.2, -0.15) is 0 Å². The summed E-state index contributed by atoms with van der Waals surface area (Å²) >= 11 is 4.97. The minimum Gasteiger partial charge on any atom is -0.388 e. The first-order valence-electron chi connectivity index (χ1n) is 5.11. The van der Waals surface area contributed by atoms with Gasteiger partial charge in [-0.25, -0.2) is 9.97 Å². The molecule has 1 fully saturated rings. The van der Waals surface area contributed by atoms with E-state index in [1.54, 1.807) is 12.4 Å². The Balaban J connectivity index is 2.36. The molecule has 4 nitrogen and oxygen atoms in total. The molecule has 15 heavy (non-hydrogen) atoms. The van der Waals surface area contributed by atoms with Crippen LogP contribution >= 0.6 is 12.2 Å². The number of anilines is 1. The molecule has 1 saturated carbocycles. The first-order chi connectivity index (χ1) is 7.24. The van der Waals surface area contributed by atoms with Crippen molar-refractivity contribution in [1.29, 1.82) is 0 Å². The van der Waals surface area contributed by atoms with Gasteiger partial charge in [0.25, 0.3) is 0 Å². The average Bonchev–Trinajstić information content (AvgIpc) is 3.04. The van der Waals surface area contributed by atoms with Crippen LogP contribution in [0.2, 0.25) is 0 Å². The Labute approximate surface area is 94.5 Å². The van der Waals surface area contributed by atoms with E-state index in [9.17, 15) is 0 Å². The van der Waals surface area contributed by atoms with Gasteiger partial charge in [0.1, 0.15) is 10.7 Å². The Kier molecular flexibility index (Phi) is 2.81. The summed E-state index contributed by atoms with van der Waals surface area (Å²) in [5.74, 6) is 0.829. The molecule has 0 amide bonds. The van der Waals surface area contributed by atoms with Crippen molar-refractivity contribution < 1.29 is 0 Å². The van der Waals surface area contributed by atoms with Gasteiger partial charge in [0.2, 0.25) is 0 Å². The SMILES string of the molecule is CCN(c1nccnc1C(N)=S)C1CC1. The summed E-state index contributed by atoms with van der Waals surface area (Å²) in [5, 5.41) is 0. The van der Waals surface area contributed by atoms with Crippen molar-refractivity contribution in [3.63, 3.8) is 0 Å². The molecule has 0 aliphatic heterocycles. The highest BCUT2D eigenvalue weighted by Gasteiger charge is 2.30. The fourth-order valence-corrected chi connectivity index (χ4v) is 1.83. The quantitative estimate of drug-likeness (QED) is 0.773. The summed E-state index contributed by atoms with van der Waals surface area (Å²) in [6, 6.07) is 0.597. The number of thiocarbonyl (C=S) groups is 1. The molecular weight excluding hydrogens is 208 g/mol. The monoisotopic (exact) mass is 222 g/mol. The van der Waals surface area contributed by atoms with Crippen molar-refractivity contribution in [2.75, 3.05) is 11.4 Å². The zero-order valence-corrected chi connectivity index (χ0v) is 9.50. The highest BCUT2D eigenvalue weighted by Crippen LogP contribution is 2.31. The average molecular weight is 222 g/mol. The van der Waals surface area contributed by atoms with E-state index in [2.05, 4.69) is 21.8 Å². The van der Waals surface area contributed by atoms with Crippen LogP contribution in [-0.4, -0.2) is 27.5 Å². The van der Waals surface area contributed by atoms with Crippen molar-refractivity contribution in [2.24, 2.45) is 5.73 Å². The standard InChI is InChI=1S/C10H14N4S/c1-2-14(7-3-4-7)10-8(9(11)15)12-5-6-13-10/h5-7H,2-4H2,1H3,(H2,11,15). The normalized spacial score (nSPS) is 15.0. The smallest absolute Gasteiger partial charge is 0.157 e.